The normalized spacial score (nSPS) is 10.5. The lowest BCUT2D eigenvalue weighted by Crippen LogP contribution is -2.28. The van der Waals surface area contributed by atoms with E-state index in [1.165, 1.54) is 11.3 Å². The molecule has 0 atom stereocenters. The van der Waals surface area contributed by atoms with E-state index >= 15 is 0 Å². The maximum atomic E-state index is 12.3. The van der Waals surface area contributed by atoms with E-state index in [9.17, 15) is 4.79 Å². The molecule has 0 saturated carbocycles. The summed E-state index contributed by atoms with van der Waals surface area (Å²) < 4.78 is 5.91. The van der Waals surface area contributed by atoms with Gasteiger partial charge in [0.2, 0.25) is 5.91 Å². The minimum absolute atomic E-state index is 0.0197. The number of carbonyl (C=O) groups excluding carboxylic acids is 1. The van der Waals surface area contributed by atoms with Crippen LogP contribution in [0.4, 0.5) is 0 Å². The Bertz CT molecular complexity index is 747. The molecule has 0 spiro atoms. The van der Waals surface area contributed by atoms with Crippen LogP contribution in [0.2, 0.25) is 4.34 Å². The number of ether oxygens (including phenoxy) is 1. The molecule has 1 heterocycles. The van der Waals surface area contributed by atoms with Gasteiger partial charge in [0, 0.05) is 17.5 Å². The Balaban J connectivity index is 1.96. The summed E-state index contributed by atoms with van der Waals surface area (Å²) >= 11 is 7.41. The van der Waals surface area contributed by atoms with Gasteiger partial charge in [-0.2, -0.15) is 5.26 Å². The Kier molecular flexibility index (Phi) is 6.86. The van der Waals surface area contributed by atoms with Crippen LogP contribution in [0.5, 0.6) is 5.75 Å². The molecule has 0 aliphatic carbocycles. The first-order valence-electron chi connectivity index (χ1n) is 7.43. The second-order valence-corrected chi connectivity index (χ2v) is 6.71. The molecule has 0 unspecified atom stereocenters. The van der Waals surface area contributed by atoms with Gasteiger partial charge in [-0.25, -0.2) is 0 Å². The molecule has 2 aromatic rings. The average molecular weight is 361 g/mol. The van der Waals surface area contributed by atoms with Crippen LogP contribution in [0.25, 0.3) is 6.08 Å². The van der Waals surface area contributed by atoms with E-state index < -0.39 is 0 Å². The number of hydrogen-bond acceptors (Lipinski definition) is 4. The number of rotatable bonds is 7. The van der Waals surface area contributed by atoms with Crippen molar-refractivity contribution >= 4 is 34.9 Å². The van der Waals surface area contributed by atoms with Crippen molar-refractivity contribution in [1.82, 2.24) is 4.90 Å². The molecule has 0 aliphatic rings. The fourth-order valence-electron chi connectivity index (χ4n) is 2.03. The Hall–Kier alpha value is -2.29. The third-order valence-corrected chi connectivity index (χ3v) is 4.49. The van der Waals surface area contributed by atoms with E-state index in [0.717, 1.165) is 14.8 Å². The van der Waals surface area contributed by atoms with Crippen molar-refractivity contribution in [3.63, 3.8) is 0 Å². The zero-order chi connectivity index (χ0) is 17.4. The van der Waals surface area contributed by atoms with Crippen molar-refractivity contribution in [2.75, 3.05) is 13.2 Å². The van der Waals surface area contributed by atoms with E-state index in [1.54, 1.807) is 29.2 Å². The Morgan fingerprint density at radius 2 is 2.08 bits per heavy atom. The highest BCUT2D eigenvalue weighted by atomic mass is 35.5. The average Bonchev–Trinajstić information content (AvgIpc) is 3.01. The molecule has 24 heavy (non-hydrogen) atoms. The molecule has 0 fully saturated rings. The van der Waals surface area contributed by atoms with Gasteiger partial charge in [0.15, 0.2) is 6.61 Å². The largest absolute Gasteiger partial charge is 0.479 e. The Morgan fingerprint density at radius 3 is 2.67 bits per heavy atom. The van der Waals surface area contributed by atoms with Gasteiger partial charge in [0.25, 0.3) is 0 Å². The summed E-state index contributed by atoms with van der Waals surface area (Å²) in [4.78, 5) is 15.1. The Morgan fingerprint density at radius 1 is 1.33 bits per heavy atom. The number of nitriles is 1. The predicted octanol–water partition coefficient (Wildman–Crippen LogP) is 4.37. The van der Waals surface area contributed by atoms with Crippen molar-refractivity contribution in [2.24, 2.45) is 0 Å². The molecule has 4 nitrogen and oxygen atoms in total. The minimum atomic E-state index is -0.0492. The quantitative estimate of drug-likeness (QED) is 0.689. The molecule has 2 rings (SSSR count). The lowest BCUT2D eigenvalue weighted by molar-refractivity contribution is -0.126. The summed E-state index contributed by atoms with van der Waals surface area (Å²) in [6, 6.07) is 12.9. The number of hydrogen-bond donors (Lipinski definition) is 0. The molecule has 124 valence electrons. The highest BCUT2D eigenvalue weighted by molar-refractivity contribution is 7.16. The van der Waals surface area contributed by atoms with Gasteiger partial charge >= 0.3 is 0 Å². The zero-order valence-corrected chi connectivity index (χ0v) is 14.8. The monoisotopic (exact) mass is 360 g/mol. The number of carbonyl (C=O) groups is 1. The van der Waals surface area contributed by atoms with E-state index in [2.05, 4.69) is 0 Å². The van der Waals surface area contributed by atoms with Gasteiger partial charge in [-0.15, -0.1) is 11.3 Å². The van der Waals surface area contributed by atoms with Crippen LogP contribution >= 0.6 is 22.9 Å². The van der Waals surface area contributed by atoms with E-state index in [0.29, 0.717) is 18.8 Å². The molecule has 0 aliphatic heterocycles. The maximum absolute atomic E-state index is 12.3. The first-order valence-corrected chi connectivity index (χ1v) is 8.63. The summed E-state index contributed by atoms with van der Waals surface area (Å²) in [6.07, 6.45) is 3.32. The lowest BCUT2D eigenvalue weighted by atomic mass is 10.2. The van der Waals surface area contributed by atoms with E-state index in [4.69, 9.17) is 21.6 Å². The van der Waals surface area contributed by atoms with Crippen LogP contribution < -0.4 is 4.74 Å². The molecule has 0 N–H and O–H groups in total. The van der Waals surface area contributed by atoms with Gasteiger partial charge in [-0.05, 0) is 42.8 Å². The van der Waals surface area contributed by atoms with Gasteiger partial charge in [-0.1, -0.05) is 23.7 Å². The first-order chi connectivity index (χ1) is 11.6. The number of halogens is 1. The standard InChI is InChI=1S/C18H17ClN2O2S/c1-2-21(13-16-8-9-17(19)24-16)18(22)10-5-14-3-6-15(7-4-14)23-12-11-20/h3-10H,2,12-13H2,1H3/b10-5+. The van der Waals surface area contributed by atoms with Crippen LogP contribution in [0.3, 0.4) is 0 Å². The molecule has 1 aromatic heterocycles. The van der Waals surface area contributed by atoms with Crippen LogP contribution in [0.1, 0.15) is 17.4 Å². The number of nitrogens with zero attached hydrogens (tertiary/aromatic N) is 2. The van der Waals surface area contributed by atoms with Crippen LogP contribution in [-0.2, 0) is 11.3 Å². The van der Waals surface area contributed by atoms with E-state index in [1.807, 2.05) is 37.3 Å². The van der Waals surface area contributed by atoms with Gasteiger partial charge in [0.05, 0.1) is 10.9 Å². The zero-order valence-electron chi connectivity index (χ0n) is 13.2. The second kappa shape index (κ2) is 9.11. The molecule has 0 radical (unpaired) electrons. The molecule has 0 bridgehead atoms. The van der Waals surface area contributed by atoms with Crippen LogP contribution in [0.15, 0.2) is 42.5 Å². The fraction of sp³-hybridized carbons (Fsp3) is 0.222. The predicted molar refractivity (Wildman–Crippen MR) is 97.0 cm³/mol. The minimum Gasteiger partial charge on any atom is -0.479 e. The maximum Gasteiger partial charge on any atom is 0.246 e. The molecule has 1 aromatic carbocycles. The molecular formula is C18H17ClN2O2S. The summed E-state index contributed by atoms with van der Waals surface area (Å²) in [5.74, 6) is 0.580. The Labute approximate surface area is 150 Å². The van der Waals surface area contributed by atoms with E-state index in [-0.39, 0.29) is 12.5 Å². The first kappa shape index (κ1) is 18.1. The molecule has 0 saturated heterocycles. The highest BCUT2D eigenvalue weighted by Gasteiger charge is 2.10. The van der Waals surface area contributed by atoms with Gasteiger partial charge < -0.3 is 9.64 Å². The van der Waals surface area contributed by atoms with Gasteiger partial charge in [-0.3, -0.25) is 4.79 Å². The third-order valence-electron chi connectivity index (χ3n) is 3.27. The highest BCUT2D eigenvalue weighted by Crippen LogP contribution is 2.22. The second-order valence-electron chi connectivity index (χ2n) is 4.91. The SMILES string of the molecule is CCN(Cc1ccc(Cl)s1)C(=O)/C=C/c1ccc(OCC#N)cc1. The smallest absolute Gasteiger partial charge is 0.246 e. The number of benzene rings is 1. The van der Waals surface area contributed by atoms with Crippen molar-refractivity contribution in [2.45, 2.75) is 13.5 Å². The summed E-state index contributed by atoms with van der Waals surface area (Å²) in [5, 5.41) is 8.47. The third kappa shape index (κ3) is 5.41. The summed E-state index contributed by atoms with van der Waals surface area (Å²) in [6.45, 7) is 3.14. The van der Waals surface area contributed by atoms with Crippen LogP contribution in [0, 0.1) is 11.3 Å². The van der Waals surface area contributed by atoms with Crippen molar-refractivity contribution in [3.8, 4) is 11.8 Å². The number of thiophene rings is 1. The van der Waals surface area contributed by atoms with Crippen molar-refractivity contribution < 1.29 is 9.53 Å². The molecule has 1 amide bonds. The summed E-state index contributed by atoms with van der Waals surface area (Å²) in [5.41, 5.74) is 0.892. The summed E-state index contributed by atoms with van der Waals surface area (Å²) in [7, 11) is 0. The number of amides is 1. The van der Waals surface area contributed by atoms with Gasteiger partial charge in [0.1, 0.15) is 11.8 Å². The lowest BCUT2D eigenvalue weighted by Gasteiger charge is -2.18. The molecular weight excluding hydrogens is 344 g/mol. The fourth-order valence-corrected chi connectivity index (χ4v) is 3.14. The topological polar surface area (TPSA) is 53.3 Å². The van der Waals surface area contributed by atoms with Crippen molar-refractivity contribution in [1.29, 1.82) is 5.26 Å². The van der Waals surface area contributed by atoms with Crippen LogP contribution in [-0.4, -0.2) is 24.0 Å². The van der Waals surface area contributed by atoms with Crippen molar-refractivity contribution in [3.05, 3.63) is 57.3 Å². The molecule has 6 heteroatoms. The number of likely N-dealkylation sites (N-methyl/N-ethyl adjacent to an activating group) is 1.